The highest BCUT2D eigenvalue weighted by atomic mass is 32.2. The molecule has 36 heavy (non-hydrogen) atoms. The Labute approximate surface area is 208 Å². The average molecular weight is 513 g/mol. The highest BCUT2D eigenvalue weighted by molar-refractivity contribution is 7.92. The molecule has 0 radical (unpaired) electrons. The molecule has 3 aromatic rings. The predicted octanol–water partition coefficient (Wildman–Crippen LogP) is 0.777. The molecule has 5 rings (SSSR count). The maximum Gasteiger partial charge on any atom is 0.264 e. The van der Waals surface area contributed by atoms with E-state index >= 15 is 0 Å². The summed E-state index contributed by atoms with van der Waals surface area (Å²) in [6.07, 6.45) is 4.47. The molecular weight excluding hydrogens is 484 g/mol. The molecular formula is C24H28N6O5S. The van der Waals surface area contributed by atoms with E-state index in [1.807, 2.05) is 30.3 Å². The van der Waals surface area contributed by atoms with E-state index in [2.05, 4.69) is 21.4 Å². The summed E-state index contributed by atoms with van der Waals surface area (Å²) in [5.74, 6) is -0.260. The van der Waals surface area contributed by atoms with Crippen LogP contribution in [0.3, 0.4) is 0 Å². The Kier molecular flexibility index (Phi) is 6.27. The minimum atomic E-state index is -3.51. The highest BCUT2D eigenvalue weighted by Crippen LogP contribution is 2.32. The molecule has 2 fully saturated rings. The number of nitrogens with zero attached hydrogens (tertiary/aromatic N) is 5. The number of hydrogen-bond donors (Lipinski definition) is 2. The first-order valence-electron chi connectivity index (χ1n) is 11.8. The lowest BCUT2D eigenvalue weighted by Gasteiger charge is -2.42. The van der Waals surface area contributed by atoms with Gasteiger partial charge in [0.1, 0.15) is 11.7 Å². The Morgan fingerprint density at radius 3 is 2.58 bits per heavy atom. The molecule has 1 aliphatic heterocycles. The van der Waals surface area contributed by atoms with Crippen LogP contribution in [0.5, 0.6) is 0 Å². The predicted molar refractivity (Wildman–Crippen MR) is 133 cm³/mol. The molecule has 190 valence electrons. The summed E-state index contributed by atoms with van der Waals surface area (Å²) in [7, 11) is -3.51. The number of nitrogens with one attached hydrogen (secondary N) is 1. The van der Waals surface area contributed by atoms with Gasteiger partial charge in [-0.25, -0.2) is 22.8 Å². The van der Waals surface area contributed by atoms with Crippen molar-refractivity contribution < 1.29 is 18.3 Å². The Hall–Kier alpha value is -3.35. The quantitative estimate of drug-likeness (QED) is 0.477. The topological polar surface area (TPSA) is 139 Å². The fourth-order valence-electron chi connectivity index (χ4n) is 4.89. The van der Waals surface area contributed by atoms with Crippen LogP contribution in [0.2, 0.25) is 0 Å². The average Bonchev–Trinajstić information content (AvgIpc) is 3.28. The molecule has 1 amide bonds. The number of para-hydroxylation sites is 1. The summed E-state index contributed by atoms with van der Waals surface area (Å²) in [6, 6.07) is 9.15. The van der Waals surface area contributed by atoms with Crippen molar-refractivity contribution in [3.63, 3.8) is 0 Å². The number of sulfonamides is 1. The summed E-state index contributed by atoms with van der Waals surface area (Å²) < 4.78 is 28.7. The Morgan fingerprint density at radius 1 is 1.22 bits per heavy atom. The molecule has 1 aromatic carbocycles. The molecule has 0 atom stereocenters. The van der Waals surface area contributed by atoms with Crippen LogP contribution in [0.4, 0.5) is 0 Å². The summed E-state index contributed by atoms with van der Waals surface area (Å²) in [6.45, 7) is 4.07. The lowest BCUT2D eigenvalue weighted by atomic mass is 9.79. The molecule has 12 heteroatoms. The number of benzene rings is 1. The monoisotopic (exact) mass is 512 g/mol. The third kappa shape index (κ3) is 4.71. The molecule has 0 unspecified atom stereocenters. The van der Waals surface area contributed by atoms with Crippen LogP contribution in [0.25, 0.3) is 16.7 Å². The van der Waals surface area contributed by atoms with E-state index in [0.717, 1.165) is 11.1 Å². The van der Waals surface area contributed by atoms with Crippen LogP contribution < -0.4 is 10.3 Å². The number of rotatable bonds is 7. The number of piperidine rings is 1. The van der Waals surface area contributed by atoms with Gasteiger partial charge in [0, 0.05) is 30.5 Å². The van der Waals surface area contributed by atoms with Crippen molar-refractivity contribution >= 4 is 27.0 Å². The minimum absolute atomic E-state index is 0.0281. The molecule has 11 nitrogen and oxygen atoms in total. The summed E-state index contributed by atoms with van der Waals surface area (Å²) in [5.41, 5.74) is -0.183. The second-order valence-corrected chi connectivity index (χ2v) is 11.2. The van der Waals surface area contributed by atoms with Crippen LogP contribution in [-0.4, -0.2) is 68.4 Å². The Bertz CT molecular complexity index is 1450. The zero-order chi connectivity index (χ0) is 25.5. The smallest absolute Gasteiger partial charge is 0.264 e. The fraction of sp³-hybridized carbons (Fsp3) is 0.417. The normalized spacial score (nSPS) is 21.8. The SMILES string of the molecule is C=CS(=O)(=O)N[C@H]1C[C@H](C(=O)N2CCC(O)(Cn3cnc4c(cnn4-c4ccccc4)c3=O)CC2)C1. The van der Waals surface area contributed by atoms with Crippen LogP contribution in [0.15, 0.2) is 59.6 Å². The maximum absolute atomic E-state index is 13.1. The van der Waals surface area contributed by atoms with Crippen molar-refractivity contribution in [3.8, 4) is 5.69 Å². The van der Waals surface area contributed by atoms with Crippen LogP contribution in [0, 0.1) is 5.92 Å². The van der Waals surface area contributed by atoms with Crippen molar-refractivity contribution in [2.24, 2.45) is 5.92 Å². The zero-order valence-electron chi connectivity index (χ0n) is 19.7. The largest absolute Gasteiger partial charge is 0.388 e. The van der Waals surface area contributed by atoms with Gasteiger partial charge in [0.25, 0.3) is 5.56 Å². The number of aliphatic hydroxyl groups is 1. The molecule has 3 heterocycles. The fourth-order valence-corrected chi connectivity index (χ4v) is 5.65. The number of fused-ring (bicyclic) bond motifs is 1. The Balaban J connectivity index is 1.21. The van der Waals surface area contributed by atoms with Gasteiger partial charge >= 0.3 is 0 Å². The van der Waals surface area contributed by atoms with Crippen molar-refractivity contribution in [1.82, 2.24) is 29.0 Å². The van der Waals surface area contributed by atoms with Crippen LogP contribution in [0.1, 0.15) is 25.7 Å². The molecule has 2 aliphatic rings. The molecule has 1 aliphatic carbocycles. The third-order valence-electron chi connectivity index (χ3n) is 7.06. The molecule has 1 saturated heterocycles. The van der Waals surface area contributed by atoms with E-state index in [0.29, 0.717) is 49.8 Å². The van der Waals surface area contributed by atoms with Crippen molar-refractivity contribution in [3.05, 3.63) is 65.2 Å². The van der Waals surface area contributed by atoms with E-state index in [-0.39, 0.29) is 30.0 Å². The van der Waals surface area contributed by atoms with Crippen molar-refractivity contribution in [2.45, 2.75) is 43.9 Å². The summed E-state index contributed by atoms with van der Waals surface area (Å²) in [5, 5.41) is 16.7. The molecule has 0 bridgehead atoms. The second-order valence-electron chi connectivity index (χ2n) is 9.55. The summed E-state index contributed by atoms with van der Waals surface area (Å²) >= 11 is 0. The standard InChI is InChI=1S/C24H28N6O5S/c1-2-36(34,35)27-18-12-17(13-18)22(31)28-10-8-24(33,9-11-28)15-29-16-25-21-20(23(29)32)14-26-30(21)19-6-4-3-5-7-19/h2-7,14,16-18,27,33H,1,8-13,15H2/t17-,18-. The number of hydrogen-bond acceptors (Lipinski definition) is 7. The van der Waals surface area contributed by atoms with Gasteiger partial charge in [0.2, 0.25) is 15.9 Å². The van der Waals surface area contributed by atoms with Gasteiger partial charge in [0.15, 0.2) is 5.65 Å². The van der Waals surface area contributed by atoms with Gasteiger partial charge in [-0.1, -0.05) is 24.8 Å². The number of amides is 1. The molecule has 2 N–H and O–H groups in total. The zero-order valence-corrected chi connectivity index (χ0v) is 20.5. The number of carbonyl (C=O) groups excluding carboxylic acids is 1. The van der Waals surface area contributed by atoms with Gasteiger partial charge < -0.3 is 10.0 Å². The lowest BCUT2D eigenvalue weighted by molar-refractivity contribution is -0.143. The third-order valence-corrected chi connectivity index (χ3v) is 8.16. The van der Waals surface area contributed by atoms with E-state index < -0.39 is 15.6 Å². The maximum atomic E-state index is 13.1. The molecule has 2 aromatic heterocycles. The second kappa shape index (κ2) is 9.26. The van der Waals surface area contributed by atoms with E-state index in [1.54, 1.807) is 9.58 Å². The van der Waals surface area contributed by atoms with Gasteiger partial charge in [0.05, 0.1) is 24.0 Å². The van der Waals surface area contributed by atoms with E-state index in [1.165, 1.54) is 17.1 Å². The van der Waals surface area contributed by atoms with Crippen LogP contribution in [-0.2, 0) is 21.4 Å². The van der Waals surface area contributed by atoms with Gasteiger partial charge in [-0.05, 0) is 37.8 Å². The van der Waals surface area contributed by atoms with Gasteiger partial charge in [-0.2, -0.15) is 5.10 Å². The highest BCUT2D eigenvalue weighted by Gasteiger charge is 2.41. The first kappa shape index (κ1) is 24.3. The van der Waals surface area contributed by atoms with Gasteiger partial charge in [-0.15, -0.1) is 0 Å². The summed E-state index contributed by atoms with van der Waals surface area (Å²) in [4.78, 5) is 32.1. The van der Waals surface area contributed by atoms with Crippen LogP contribution >= 0.6 is 0 Å². The number of likely N-dealkylation sites (tertiary alicyclic amines) is 1. The van der Waals surface area contributed by atoms with Gasteiger partial charge in [-0.3, -0.25) is 14.2 Å². The van der Waals surface area contributed by atoms with E-state index in [9.17, 15) is 23.1 Å². The Morgan fingerprint density at radius 2 is 1.92 bits per heavy atom. The lowest BCUT2D eigenvalue weighted by Crippen LogP contribution is -2.54. The molecule has 0 spiro atoms. The first-order valence-corrected chi connectivity index (χ1v) is 13.4. The van der Waals surface area contributed by atoms with E-state index in [4.69, 9.17) is 0 Å². The molecule has 1 saturated carbocycles. The number of aromatic nitrogens is 4. The first-order chi connectivity index (χ1) is 17.2. The van der Waals surface area contributed by atoms with Crippen molar-refractivity contribution in [2.75, 3.05) is 13.1 Å². The minimum Gasteiger partial charge on any atom is -0.388 e. The number of carbonyl (C=O) groups is 1. The van der Waals surface area contributed by atoms with Crippen molar-refractivity contribution in [1.29, 1.82) is 0 Å².